The summed E-state index contributed by atoms with van der Waals surface area (Å²) in [6.45, 7) is 4.70. The van der Waals surface area contributed by atoms with E-state index in [2.05, 4.69) is 20.4 Å². The van der Waals surface area contributed by atoms with E-state index >= 15 is 0 Å². The smallest absolute Gasteiger partial charge is 0.339 e. The number of nitrogens with zero attached hydrogens (tertiary/aromatic N) is 5. The molecule has 0 unspecified atom stereocenters. The summed E-state index contributed by atoms with van der Waals surface area (Å²) < 4.78 is 1.52. The van der Waals surface area contributed by atoms with E-state index in [4.69, 9.17) is 5.26 Å². The van der Waals surface area contributed by atoms with Crippen LogP contribution in [0.4, 0.5) is 5.69 Å². The molecule has 0 amide bonds. The predicted octanol–water partition coefficient (Wildman–Crippen LogP) is 2.45. The summed E-state index contributed by atoms with van der Waals surface area (Å²) in [6.07, 6.45) is 4.36. The van der Waals surface area contributed by atoms with E-state index in [1.54, 1.807) is 18.3 Å². The number of anilines is 1. The minimum Gasteiger partial charge on any atom is -0.478 e. The molecule has 3 rings (SSSR count). The maximum absolute atomic E-state index is 11.4. The molecule has 0 spiro atoms. The minimum absolute atomic E-state index is 0.0978. The fourth-order valence-electron chi connectivity index (χ4n) is 2.34. The van der Waals surface area contributed by atoms with E-state index in [0.29, 0.717) is 40.6 Å². The Bertz CT molecular complexity index is 986. The second kappa shape index (κ2) is 6.57. The predicted molar refractivity (Wildman–Crippen MR) is 91.7 cm³/mol. The van der Waals surface area contributed by atoms with Crippen LogP contribution in [-0.4, -0.2) is 37.4 Å². The van der Waals surface area contributed by atoms with Crippen LogP contribution in [0.15, 0.2) is 30.7 Å². The molecule has 0 saturated carbocycles. The number of fused-ring (bicyclic) bond motifs is 1. The average Bonchev–Trinajstić information content (AvgIpc) is 3.02. The molecule has 0 aliphatic rings. The molecule has 0 atom stereocenters. The van der Waals surface area contributed by atoms with Gasteiger partial charge in [-0.05, 0) is 12.0 Å². The number of rotatable bonds is 5. The summed E-state index contributed by atoms with van der Waals surface area (Å²) in [5, 5.41) is 26.4. The van der Waals surface area contributed by atoms with Gasteiger partial charge in [0.2, 0.25) is 0 Å². The molecule has 126 valence electrons. The number of aromatic carboxylic acids is 1. The number of hydrogen-bond donors (Lipinski definition) is 2. The quantitative estimate of drug-likeness (QED) is 0.735. The third-order valence-corrected chi connectivity index (χ3v) is 3.57. The lowest BCUT2D eigenvalue weighted by molar-refractivity contribution is 0.0697. The van der Waals surface area contributed by atoms with Crippen molar-refractivity contribution >= 4 is 22.7 Å². The summed E-state index contributed by atoms with van der Waals surface area (Å²) in [5.74, 6) is -0.245. The maximum atomic E-state index is 11.4. The molecular weight excluding hydrogens is 320 g/mol. The van der Waals surface area contributed by atoms with Gasteiger partial charge in [-0.15, -0.1) is 0 Å². The van der Waals surface area contributed by atoms with Gasteiger partial charge in [-0.1, -0.05) is 13.8 Å². The van der Waals surface area contributed by atoms with Crippen LogP contribution < -0.4 is 5.32 Å². The van der Waals surface area contributed by atoms with Gasteiger partial charge in [0.05, 0.1) is 17.4 Å². The molecule has 0 radical (unpaired) electrons. The van der Waals surface area contributed by atoms with Crippen molar-refractivity contribution in [1.29, 1.82) is 5.26 Å². The SMILES string of the molecule is CC(C)CNc1cc(-n2ncc3cc(C#N)cnc32)ncc1C(=O)O. The van der Waals surface area contributed by atoms with E-state index in [0.717, 1.165) is 0 Å². The van der Waals surface area contributed by atoms with Gasteiger partial charge < -0.3 is 10.4 Å². The lowest BCUT2D eigenvalue weighted by Gasteiger charge is -2.13. The van der Waals surface area contributed by atoms with Crippen molar-refractivity contribution < 1.29 is 9.90 Å². The van der Waals surface area contributed by atoms with Crippen LogP contribution >= 0.6 is 0 Å². The summed E-state index contributed by atoms with van der Waals surface area (Å²) >= 11 is 0. The van der Waals surface area contributed by atoms with Gasteiger partial charge in [0.15, 0.2) is 11.5 Å². The maximum Gasteiger partial charge on any atom is 0.339 e. The number of nitrogens with one attached hydrogen (secondary N) is 1. The molecule has 3 aromatic heterocycles. The molecule has 3 heterocycles. The molecule has 3 aromatic rings. The number of nitriles is 1. The Hall–Kier alpha value is -3.47. The highest BCUT2D eigenvalue weighted by atomic mass is 16.4. The first-order chi connectivity index (χ1) is 12.0. The van der Waals surface area contributed by atoms with Gasteiger partial charge in [0.25, 0.3) is 0 Å². The zero-order valence-corrected chi connectivity index (χ0v) is 13.8. The number of carboxylic acids is 1. The van der Waals surface area contributed by atoms with Crippen LogP contribution in [0.3, 0.4) is 0 Å². The molecule has 0 aromatic carbocycles. The number of hydrogen-bond acceptors (Lipinski definition) is 6. The Morgan fingerprint density at radius 3 is 2.80 bits per heavy atom. The van der Waals surface area contributed by atoms with Crippen molar-refractivity contribution in [2.75, 3.05) is 11.9 Å². The number of aromatic nitrogens is 4. The normalized spacial score (nSPS) is 10.8. The van der Waals surface area contributed by atoms with E-state index < -0.39 is 5.97 Å². The zero-order valence-electron chi connectivity index (χ0n) is 13.8. The largest absolute Gasteiger partial charge is 0.478 e. The third-order valence-electron chi connectivity index (χ3n) is 3.57. The lowest BCUT2D eigenvalue weighted by Crippen LogP contribution is -2.13. The topological polar surface area (TPSA) is 117 Å². The van der Waals surface area contributed by atoms with Crippen molar-refractivity contribution in [2.24, 2.45) is 5.92 Å². The van der Waals surface area contributed by atoms with Crippen molar-refractivity contribution in [3.8, 4) is 11.9 Å². The van der Waals surface area contributed by atoms with E-state index in [1.807, 2.05) is 19.9 Å². The summed E-state index contributed by atoms with van der Waals surface area (Å²) in [7, 11) is 0. The second-order valence-electron chi connectivity index (χ2n) is 5.97. The molecular formula is C17H16N6O2. The van der Waals surface area contributed by atoms with Crippen LogP contribution in [0.2, 0.25) is 0 Å². The van der Waals surface area contributed by atoms with Gasteiger partial charge in [-0.25, -0.2) is 14.8 Å². The van der Waals surface area contributed by atoms with E-state index in [-0.39, 0.29) is 5.56 Å². The first-order valence-corrected chi connectivity index (χ1v) is 7.71. The van der Waals surface area contributed by atoms with Crippen molar-refractivity contribution in [3.63, 3.8) is 0 Å². The summed E-state index contributed by atoms with van der Waals surface area (Å²) in [5.41, 5.74) is 1.56. The van der Waals surface area contributed by atoms with Crippen LogP contribution in [-0.2, 0) is 0 Å². The molecule has 8 nitrogen and oxygen atoms in total. The highest BCUT2D eigenvalue weighted by Crippen LogP contribution is 2.21. The van der Waals surface area contributed by atoms with Crippen LogP contribution in [0.1, 0.15) is 29.8 Å². The van der Waals surface area contributed by atoms with E-state index in [1.165, 1.54) is 17.1 Å². The molecule has 0 bridgehead atoms. The highest BCUT2D eigenvalue weighted by Gasteiger charge is 2.15. The Kier molecular flexibility index (Phi) is 4.31. The lowest BCUT2D eigenvalue weighted by atomic mass is 10.2. The van der Waals surface area contributed by atoms with Crippen LogP contribution in [0, 0.1) is 17.2 Å². The van der Waals surface area contributed by atoms with Crippen LogP contribution in [0.25, 0.3) is 16.9 Å². The molecule has 0 aliphatic heterocycles. The van der Waals surface area contributed by atoms with Gasteiger partial charge in [0.1, 0.15) is 11.6 Å². The van der Waals surface area contributed by atoms with Gasteiger partial charge >= 0.3 is 5.97 Å². The standard InChI is InChI=1S/C17H16N6O2/c1-10(2)6-19-14-4-15(20-9-13(14)17(24)25)23-16-12(8-22-23)3-11(5-18)7-21-16/h3-4,7-10H,6H2,1-2H3,(H,19,20)(H,24,25). The van der Waals surface area contributed by atoms with Crippen molar-refractivity contribution in [2.45, 2.75) is 13.8 Å². The zero-order chi connectivity index (χ0) is 18.0. The Balaban J connectivity index is 2.07. The fraction of sp³-hybridized carbons (Fsp3) is 0.235. The fourth-order valence-corrected chi connectivity index (χ4v) is 2.34. The van der Waals surface area contributed by atoms with Gasteiger partial charge in [-0.3, -0.25) is 0 Å². The van der Waals surface area contributed by atoms with Gasteiger partial charge in [-0.2, -0.15) is 15.0 Å². The molecule has 25 heavy (non-hydrogen) atoms. The molecule has 8 heteroatoms. The number of carbonyl (C=O) groups is 1. The number of pyridine rings is 2. The van der Waals surface area contributed by atoms with Crippen molar-refractivity contribution in [3.05, 3.63) is 41.9 Å². The van der Waals surface area contributed by atoms with Gasteiger partial charge in [0, 0.05) is 30.4 Å². The number of carboxylic acid groups (broad SMARTS) is 1. The first-order valence-electron chi connectivity index (χ1n) is 7.71. The second-order valence-corrected chi connectivity index (χ2v) is 5.97. The minimum atomic E-state index is -1.05. The first kappa shape index (κ1) is 16.4. The average molecular weight is 336 g/mol. The Labute approximate surface area is 143 Å². The Morgan fingerprint density at radius 2 is 2.12 bits per heavy atom. The van der Waals surface area contributed by atoms with E-state index in [9.17, 15) is 9.90 Å². The summed E-state index contributed by atoms with van der Waals surface area (Å²) in [6, 6.07) is 5.36. The monoisotopic (exact) mass is 336 g/mol. The summed E-state index contributed by atoms with van der Waals surface area (Å²) in [4.78, 5) is 19.9. The highest BCUT2D eigenvalue weighted by molar-refractivity contribution is 5.94. The Morgan fingerprint density at radius 1 is 1.32 bits per heavy atom. The van der Waals surface area contributed by atoms with Crippen LogP contribution in [0.5, 0.6) is 0 Å². The van der Waals surface area contributed by atoms with Crippen molar-refractivity contribution in [1.82, 2.24) is 19.7 Å². The molecule has 0 fully saturated rings. The molecule has 0 saturated heterocycles. The third kappa shape index (κ3) is 3.26. The molecule has 2 N–H and O–H groups in total. The molecule has 0 aliphatic carbocycles.